The highest BCUT2D eigenvalue weighted by atomic mass is 16.5. The SMILES string of the molecule is CCOc1cc(COC)c(O)c(COC)c1.COCc1cc(OC)cc(COC)c1O. The van der Waals surface area contributed by atoms with Crippen molar-refractivity contribution in [3.63, 3.8) is 0 Å². The van der Waals surface area contributed by atoms with Crippen LogP contribution in [-0.4, -0.2) is 52.4 Å². The van der Waals surface area contributed by atoms with E-state index in [1.807, 2.05) is 6.92 Å². The lowest BCUT2D eigenvalue weighted by atomic mass is 10.1. The number of hydrogen-bond donors (Lipinski definition) is 2. The predicted octanol–water partition coefficient (Wildman–Crippen LogP) is 3.78. The first kappa shape index (κ1) is 26.5. The molecule has 0 aliphatic rings. The van der Waals surface area contributed by atoms with E-state index in [-0.39, 0.29) is 11.5 Å². The Morgan fingerprint density at radius 2 is 0.903 bits per heavy atom. The zero-order valence-corrected chi connectivity index (χ0v) is 19.2. The molecule has 0 spiro atoms. The molecule has 0 saturated carbocycles. The van der Waals surface area contributed by atoms with Crippen LogP contribution in [0.4, 0.5) is 0 Å². The molecule has 0 amide bonds. The van der Waals surface area contributed by atoms with Gasteiger partial charge in [0.25, 0.3) is 0 Å². The fourth-order valence-corrected chi connectivity index (χ4v) is 2.89. The van der Waals surface area contributed by atoms with Crippen LogP contribution >= 0.6 is 0 Å². The molecular weight excluding hydrogens is 404 g/mol. The van der Waals surface area contributed by atoms with E-state index >= 15 is 0 Å². The van der Waals surface area contributed by atoms with Crippen molar-refractivity contribution in [1.82, 2.24) is 0 Å². The Balaban J connectivity index is 0.000000311. The summed E-state index contributed by atoms with van der Waals surface area (Å²) in [5.74, 6) is 1.83. The Kier molecular flexibility index (Phi) is 12.4. The van der Waals surface area contributed by atoms with E-state index < -0.39 is 0 Å². The second-order valence-electron chi connectivity index (χ2n) is 6.55. The highest BCUT2D eigenvalue weighted by molar-refractivity contribution is 5.46. The molecule has 0 aliphatic carbocycles. The average Bonchev–Trinajstić information content (AvgIpc) is 2.75. The standard InChI is InChI=1S/C12H18O4.C11H16O4/c1-4-16-11-5-9(7-14-2)12(13)10(6-11)8-15-3;1-13-6-8-4-10(15-3)5-9(7-14-2)11(8)12/h5-6,13H,4,7-8H2,1-3H3;4-5,12H,6-7H2,1-3H3. The first-order chi connectivity index (χ1) is 14.9. The normalized spacial score (nSPS) is 10.4. The topological polar surface area (TPSA) is 95.8 Å². The lowest BCUT2D eigenvalue weighted by Crippen LogP contribution is -1.99. The van der Waals surface area contributed by atoms with Gasteiger partial charge in [-0.2, -0.15) is 0 Å². The maximum Gasteiger partial charge on any atom is 0.126 e. The van der Waals surface area contributed by atoms with Gasteiger partial charge in [0.2, 0.25) is 0 Å². The largest absolute Gasteiger partial charge is 0.507 e. The monoisotopic (exact) mass is 438 g/mol. The van der Waals surface area contributed by atoms with Gasteiger partial charge in [0.1, 0.15) is 23.0 Å². The fraction of sp³-hybridized carbons (Fsp3) is 0.478. The Labute approximate surface area is 184 Å². The molecule has 0 saturated heterocycles. The number of ether oxygens (including phenoxy) is 6. The van der Waals surface area contributed by atoms with Gasteiger partial charge in [-0.05, 0) is 31.2 Å². The van der Waals surface area contributed by atoms with Crippen LogP contribution in [0.25, 0.3) is 0 Å². The number of phenols is 2. The number of aromatic hydroxyl groups is 2. The van der Waals surface area contributed by atoms with Gasteiger partial charge < -0.3 is 38.6 Å². The summed E-state index contributed by atoms with van der Waals surface area (Å²) in [6.07, 6.45) is 0. The van der Waals surface area contributed by atoms with Crippen LogP contribution in [0.1, 0.15) is 29.2 Å². The first-order valence-corrected chi connectivity index (χ1v) is 9.77. The van der Waals surface area contributed by atoms with Crippen LogP contribution in [0.5, 0.6) is 23.0 Å². The van der Waals surface area contributed by atoms with Gasteiger partial charge in [0.15, 0.2) is 0 Å². The quantitative estimate of drug-likeness (QED) is 0.547. The smallest absolute Gasteiger partial charge is 0.126 e. The van der Waals surface area contributed by atoms with Crippen LogP contribution in [0, 0.1) is 0 Å². The summed E-state index contributed by atoms with van der Waals surface area (Å²) in [6, 6.07) is 7.05. The molecule has 0 unspecified atom stereocenters. The number of hydrogen-bond acceptors (Lipinski definition) is 8. The molecule has 0 atom stereocenters. The second-order valence-corrected chi connectivity index (χ2v) is 6.55. The van der Waals surface area contributed by atoms with Crippen molar-refractivity contribution in [3.05, 3.63) is 46.5 Å². The maximum absolute atomic E-state index is 9.93. The lowest BCUT2D eigenvalue weighted by Gasteiger charge is -2.12. The van der Waals surface area contributed by atoms with Crippen molar-refractivity contribution in [1.29, 1.82) is 0 Å². The van der Waals surface area contributed by atoms with Gasteiger partial charge in [-0.1, -0.05) is 0 Å². The van der Waals surface area contributed by atoms with E-state index in [4.69, 9.17) is 28.4 Å². The molecule has 174 valence electrons. The summed E-state index contributed by atoms with van der Waals surface area (Å²) < 4.78 is 30.5. The third kappa shape index (κ3) is 8.26. The van der Waals surface area contributed by atoms with E-state index in [9.17, 15) is 10.2 Å². The minimum absolute atomic E-state index is 0.208. The molecule has 2 aromatic carbocycles. The molecule has 31 heavy (non-hydrogen) atoms. The summed E-state index contributed by atoms with van der Waals surface area (Å²) in [5.41, 5.74) is 2.81. The average molecular weight is 439 g/mol. The molecular formula is C23H34O8. The van der Waals surface area contributed by atoms with Crippen LogP contribution in [0.2, 0.25) is 0 Å². The molecule has 0 aromatic heterocycles. The third-order valence-corrected chi connectivity index (χ3v) is 4.23. The highest BCUT2D eigenvalue weighted by Crippen LogP contribution is 2.30. The molecule has 0 heterocycles. The highest BCUT2D eigenvalue weighted by Gasteiger charge is 2.11. The van der Waals surface area contributed by atoms with E-state index in [1.165, 1.54) is 0 Å². The summed E-state index contributed by atoms with van der Waals surface area (Å²) in [6.45, 7) is 3.90. The van der Waals surface area contributed by atoms with Gasteiger partial charge in [-0.3, -0.25) is 0 Å². The van der Waals surface area contributed by atoms with Gasteiger partial charge in [0.05, 0.1) is 40.1 Å². The second kappa shape index (κ2) is 14.5. The summed E-state index contributed by atoms with van der Waals surface area (Å²) in [7, 11) is 7.91. The molecule has 0 bridgehead atoms. The molecule has 2 rings (SSSR count). The number of methoxy groups -OCH3 is 5. The Morgan fingerprint density at radius 3 is 1.16 bits per heavy atom. The van der Waals surface area contributed by atoms with Crippen molar-refractivity contribution < 1.29 is 38.6 Å². The van der Waals surface area contributed by atoms with E-state index in [0.717, 1.165) is 5.75 Å². The Hall–Kier alpha value is -2.52. The van der Waals surface area contributed by atoms with Gasteiger partial charge in [-0.25, -0.2) is 0 Å². The zero-order valence-electron chi connectivity index (χ0n) is 19.2. The van der Waals surface area contributed by atoms with E-state index in [2.05, 4.69) is 0 Å². The van der Waals surface area contributed by atoms with Gasteiger partial charge in [0, 0.05) is 50.7 Å². The summed E-state index contributed by atoms with van der Waals surface area (Å²) in [5, 5.41) is 19.8. The van der Waals surface area contributed by atoms with Crippen LogP contribution in [0.3, 0.4) is 0 Å². The van der Waals surface area contributed by atoms with Crippen molar-refractivity contribution in [3.8, 4) is 23.0 Å². The van der Waals surface area contributed by atoms with Crippen molar-refractivity contribution >= 4 is 0 Å². The third-order valence-electron chi connectivity index (χ3n) is 4.23. The van der Waals surface area contributed by atoms with E-state index in [1.54, 1.807) is 59.8 Å². The van der Waals surface area contributed by atoms with Crippen molar-refractivity contribution in [2.45, 2.75) is 33.4 Å². The molecule has 2 N–H and O–H groups in total. The Bertz CT molecular complexity index is 737. The van der Waals surface area contributed by atoms with Crippen LogP contribution < -0.4 is 9.47 Å². The van der Waals surface area contributed by atoms with Gasteiger partial charge >= 0.3 is 0 Å². The number of phenolic OH excluding ortho intramolecular Hbond substituents is 2. The molecule has 0 radical (unpaired) electrons. The molecule has 0 aliphatic heterocycles. The fourth-order valence-electron chi connectivity index (χ4n) is 2.89. The maximum atomic E-state index is 9.93. The molecule has 8 nitrogen and oxygen atoms in total. The minimum atomic E-state index is 0.208. The zero-order chi connectivity index (χ0) is 23.2. The molecule has 0 fully saturated rings. The number of rotatable bonds is 11. The summed E-state index contributed by atoms with van der Waals surface area (Å²) in [4.78, 5) is 0. The minimum Gasteiger partial charge on any atom is -0.507 e. The summed E-state index contributed by atoms with van der Waals surface area (Å²) >= 11 is 0. The Morgan fingerprint density at radius 1 is 0.581 bits per heavy atom. The van der Waals surface area contributed by atoms with Gasteiger partial charge in [-0.15, -0.1) is 0 Å². The van der Waals surface area contributed by atoms with Crippen molar-refractivity contribution in [2.24, 2.45) is 0 Å². The first-order valence-electron chi connectivity index (χ1n) is 9.77. The molecule has 8 heteroatoms. The van der Waals surface area contributed by atoms with Crippen LogP contribution in [0.15, 0.2) is 24.3 Å². The van der Waals surface area contributed by atoms with Crippen molar-refractivity contribution in [2.75, 3.05) is 42.2 Å². The lowest BCUT2D eigenvalue weighted by molar-refractivity contribution is 0.173. The number of benzene rings is 2. The van der Waals surface area contributed by atoms with Crippen LogP contribution in [-0.2, 0) is 45.4 Å². The molecule has 2 aromatic rings. The predicted molar refractivity (Wildman–Crippen MR) is 117 cm³/mol. The van der Waals surface area contributed by atoms with E-state index in [0.29, 0.717) is 61.0 Å².